The summed E-state index contributed by atoms with van der Waals surface area (Å²) >= 11 is 5.68. The number of hydrogen-bond donors (Lipinski definition) is 2. The maximum absolute atomic E-state index is 11.9. The lowest BCUT2D eigenvalue weighted by Gasteiger charge is -2.20. The minimum absolute atomic E-state index is 0.0699. The van der Waals surface area contributed by atoms with Gasteiger partial charge in [-0.15, -0.1) is 0 Å². The van der Waals surface area contributed by atoms with Gasteiger partial charge in [0.25, 0.3) is 0 Å². The average Bonchev–Trinajstić information content (AvgIpc) is 2.25. The molecule has 0 fully saturated rings. The molecule has 1 amide bonds. The van der Waals surface area contributed by atoms with Crippen molar-refractivity contribution in [2.24, 2.45) is 0 Å². The van der Waals surface area contributed by atoms with Gasteiger partial charge in [-0.3, -0.25) is 4.79 Å². The van der Waals surface area contributed by atoms with Crippen molar-refractivity contribution in [3.05, 3.63) is 29.3 Å². The summed E-state index contributed by atoms with van der Waals surface area (Å²) < 4.78 is 26.0. The SMILES string of the molecule is CC(C)(C)NC(=O)CNS(=O)(=O)c1ccc(Cl)cc1. The smallest absolute Gasteiger partial charge is 0.241 e. The topological polar surface area (TPSA) is 75.3 Å². The summed E-state index contributed by atoms with van der Waals surface area (Å²) in [6.45, 7) is 5.15. The number of hydrogen-bond acceptors (Lipinski definition) is 3. The van der Waals surface area contributed by atoms with E-state index in [1.165, 1.54) is 24.3 Å². The largest absolute Gasteiger partial charge is 0.350 e. The maximum Gasteiger partial charge on any atom is 0.241 e. The van der Waals surface area contributed by atoms with Crippen LogP contribution >= 0.6 is 11.6 Å². The third-order valence-electron chi connectivity index (χ3n) is 2.06. The highest BCUT2D eigenvalue weighted by molar-refractivity contribution is 7.89. The first-order chi connectivity index (χ1) is 8.60. The molecular weight excluding hydrogens is 288 g/mol. The highest BCUT2D eigenvalue weighted by atomic mass is 35.5. The zero-order valence-electron chi connectivity index (χ0n) is 11.0. The summed E-state index contributed by atoms with van der Waals surface area (Å²) in [6.07, 6.45) is 0. The van der Waals surface area contributed by atoms with Crippen LogP contribution < -0.4 is 10.0 Å². The first-order valence-corrected chi connectivity index (χ1v) is 7.52. The molecule has 0 atom stereocenters. The first kappa shape index (κ1) is 15.9. The lowest BCUT2D eigenvalue weighted by atomic mass is 10.1. The van der Waals surface area contributed by atoms with Gasteiger partial charge in [-0.05, 0) is 45.0 Å². The number of sulfonamides is 1. The van der Waals surface area contributed by atoms with Gasteiger partial charge in [-0.2, -0.15) is 0 Å². The van der Waals surface area contributed by atoms with Crippen LogP contribution in [0.15, 0.2) is 29.2 Å². The van der Waals surface area contributed by atoms with E-state index in [1.54, 1.807) is 0 Å². The highest BCUT2D eigenvalue weighted by Gasteiger charge is 2.18. The molecule has 1 rings (SSSR count). The van der Waals surface area contributed by atoms with E-state index in [1.807, 2.05) is 20.8 Å². The quantitative estimate of drug-likeness (QED) is 0.886. The van der Waals surface area contributed by atoms with Crippen LogP contribution in [0.2, 0.25) is 5.02 Å². The fourth-order valence-electron chi connectivity index (χ4n) is 1.32. The number of benzene rings is 1. The van der Waals surface area contributed by atoms with Gasteiger partial charge in [0.15, 0.2) is 0 Å². The van der Waals surface area contributed by atoms with Crippen LogP contribution in [0.4, 0.5) is 0 Å². The Morgan fingerprint density at radius 1 is 1.21 bits per heavy atom. The van der Waals surface area contributed by atoms with Gasteiger partial charge in [0.2, 0.25) is 15.9 Å². The number of carbonyl (C=O) groups excluding carboxylic acids is 1. The van der Waals surface area contributed by atoms with Crippen LogP contribution in [0, 0.1) is 0 Å². The molecule has 0 saturated carbocycles. The number of carbonyl (C=O) groups is 1. The van der Waals surface area contributed by atoms with E-state index in [4.69, 9.17) is 11.6 Å². The number of nitrogens with one attached hydrogen (secondary N) is 2. The summed E-state index contributed by atoms with van der Waals surface area (Å²) in [5.74, 6) is -0.384. The Labute approximate surface area is 118 Å². The van der Waals surface area contributed by atoms with Crippen molar-refractivity contribution in [3.63, 3.8) is 0 Å². The zero-order valence-corrected chi connectivity index (χ0v) is 12.6. The van der Waals surface area contributed by atoms with Crippen LogP contribution in [0.3, 0.4) is 0 Å². The molecule has 0 aliphatic carbocycles. The summed E-state index contributed by atoms with van der Waals surface area (Å²) in [4.78, 5) is 11.6. The Morgan fingerprint density at radius 2 is 1.74 bits per heavy atom. The molecule has 0 radical (unpaired) electrons. The highest BCUT2D eigenvalue weighted by Crippen LogP contribution is 2.13. The zero-order chi connectivity index (χ0) is 14.7. The van der Waals surface area contributed by atoms with Crippen molar-refractivity contribution in [1.29, 1.82) is 0 Å². The fourth-order valence-corrected chi connectivity index (χ4v) is 2.43. The lowest BCUT2D eigenvalue weighted by molar-refractivity contribution is -0.121. The summed E-state index contributed by atoms with van der Waals surface area (Å²) in [5.41, 5.74) is -0.400. The molecule has 0 spiro atoms. The van der Waals surface area contributed by atoms with Gasteiger partial charge in [0.1, 0.15) is 0 Å². The van der Waals surface area contributed by atoms with E-state index in [-0.39, 0.29) is 17.3 Å². The summed E-state index contributed by atoms with van der Waals surface area (Å²) in [6, 6.07) is 5.72. The van der Waals surface area contributed by atoms with E-state index in [2.05, 4.69) is 10.0 Å². The second-order valence-electron chi connectivity index (χ2n) is 5.08. The molecule has 0 heterocycles. The fraction of sp³-hybridized carbons (Fsp3) is 0.417. The molecule has 0 aliphatic rings. The molecule has 0 bridgehead atoms. The van der Waals surface area contributed by atoms with Crippen molar-refractivity contribution < 1.29 is 13.2 Å². The molecule has 0 saturated heterocycles. The van der Waals surface area contributed by atoms with Crippen LogP contribution in [-0.4, -0.2) is 26.4 Å². The van der Waals surface area contributed by atoms with Crippen LogP contribution in [-0.2, 0) is 14.8 Å². The molecular formula is C12H17ClN2O3S. The molecule has 106 valence electrons. The van der Waals surface area contributed by atoms with Gasteiger partial charge in [-0.1, -0.05) is 11.6 Å². The standard InChI is InChI=1S/C12H17ClN2O3S/c1-12(2,3)15-11(16)8-14-19(17,18)10-6-4-9(13)5-7-10/h4-7,14H,8H2,1-3H3,(H,15,16). The predicted octanol–water partition coefficient (Wildman–Crippen LogP) is 1.53. The first-order valence-electron chi connectivity index (χ1n) is 5.66. The summed E-state index contributed by atoms with van der Waals surface area (Å²) in [7, 11) is -3.70. The van der Waals surface area contributed by atoms with Gasteiger partial charge in [-0.25, -0.2) is 13.1 Å². The van der Waals surface area contributed by atoms with Crippen molar-refractivity contribution in [3.8, 4) is 0 Å². The molecule has 0 unspecified atom stereocenters. The van der Waals surface area contributed by atoms with Crippen molar-refractivity contribution in [2.75, 3.05) is 6.54 Å². The maximum atomic E-state index is 11.9. The van der Waals surface area contributed by atoms with Gasteiger partial charge in [0.05, 0.1) is 11.4 Å². The van der Waals surface area contributed by atoms with Crippen molar-refractivity contribution >= 4 is 27.5 Å². The minimum Gasteiger partial charge on any atom is -0.350 e. The number of halogens is 1. The molecule has 0 aromatic heterocycles. The minimum atomic E-state index is -3.70. The second kappa shape index (κ2) is 5.90. The lowest BCUT2D eigenvalue weighted by Crippen LogP contribution is -2.45. The number of rotatable bonds is 4. The van der Waals surface area contributed by atoms with E-state index >= 15 is 0 Å². The molecule has 0 aliphatic heterocycles. The van der Waals surface area contributed by atoms with Crippen molar-refractivity contribution in [2.45, 2.75) is 31.2 Å². The van der Waals surface area contributed by atoms with Crippen LogP contribution in [0.25, 0.3) is 0 Å². The van der Waals surface area contributed by atoms with Crippen LogP contribution in [0.5, 0.6) is 0 Å². The van der Waals surface area contributed by atoms with Gasteiger partial charge < -0.3 is 5.32 Å². The van der Waals surface area contributed by atoms with E-state index < -0.39 is 15.6 Å². The Kier molecular flexibility index (Phi) is 4.95. The second-order valence-corrected chi connectivity index (χ2v) is 7.28. The molecule has 2 N–H and O–H groups in total. The van der Waals surface area contributed by atoms with Gasteiger partial charge >= 0.3 is 0 Å². The van der Waals surface area contributed by atoms with E-state index in [9.17, 15) is 13.2 Å². The summed E-state index contributed by atoms with van der Waals surface area (Å²) in [5, 5.41) is 3.11. The predicted molar refractivity (Wildman–Crippen MR) is 74.5 cm³/mol. The number of amides is 1. The monoisotopic (exact) mass is 304 g/mol. The molecule has 1 aromatic carbocycles. The molecule has 1 aromatic rings. The van der Waals surface area contributed by atoms with Crippen molar-refractivity contribution in [1.82, 2.24) is 10.0 Å². The molecule has 7 heteroatoms. The Balaban J connectivity index is 2.66. The Morgan fingerprint density at radius 3 is 2.21 bits per heavy atom. The van der Waals surface area contributed by atoms with E-state index in [0.29, 0.717) is 5.02 Å². The average molecular weight is 305 g/mol. The molecule has 19 heavy (non-hydrogen) atoms. The third-order valence-corrected chi connectivity index (χ3v) is 3.73. The van der Waals surface area contributed by atoms with Crippen LogP contribution in [0.1, 0.15) is 20.8 Å². The molecule has 5 nitrogen and oxygen atoms in total. The third kappa shape index (κ3) is 5.59. The normalized spacial score (nSPS) is 12.2. The van der Waals surface area contributed by atoms with E-state index in [0.717, 1.165) is 0 Å². The van der Waals surface area contributed by atoms with Gasteiger partial charge in [0, 0.05) is 10.6 Å². The Bertz CT molecular complexity index is 547. The Hall–Kier alpha value is -1.11.